The number of urea groups is 1. The molecular weight excluding hydrogens is 384 g/mol. The number of hydrogen-bond donors (Lipinski definition) is 2. The summed E-state index contributed by atoms with van der Waals surface area (Å²) in [5.41, 5.74) is 1.53. The molecule has 2 N–H and O–H groups in total. The third-order valence-corrected chi connectivity index (χ3v) is 5.68. The summed E-state index contributed by atoms with van der Waals surface area (Å²) >= 11 is 0. The van der Waals surface area contributed by atoms with Gasteiger partial charge in [0, 0.05) is 44.3 Å². The number of piperidine rings is 1. The van der Waals surface area contributed by atoms with E-state index in [1.165, 1.54) is 6.26 Å². The number of nitrogens with one attached hydrogen (secondary N) is 2. The molecule has 0 radical (unpaired) electrons. The van der Waals surface area contributed by atoms with Gasteiger partial charge in [0.2, 0.25) is 5.91 Å². The SMILES string of the molecule is O=C(Nc1cccc(CNC(=O)N2CCC(N3CCCC3=O)CC2)c1)c1ccco1. The van der Waals surface area contributed by atoms with E-state index in [4.69, 9.17) is 4.42 Å². The van der Waals surface area contributed by atoms with Gasteiger partial charge in [-0.3, -0.25) is 9.59 Å². The summed E-state index contributed by atoms with van der Waals surface area (Å²) in [6.45, 7) is 2.52. The number of amides is 4. The van der Waals surface area contributed by atoms with Gasteiger partial charge in [-0.15, -0.1) is 0 Å². The summed E-state index contributed by atoms with van der Waals surface area (Å²) < 4.78 is 5.09. The van der Waals surface area contributed by atoms with E-state index in [9.17, 15) is 14.4 Å². The van der Waals surface area contributed by atoms with Crippen LogP contribution in [0.2, 0.25) is 0 Å². The lowest BCUT2D eigenvalue weighted by Crippen LogP contribution is -2.49. The van der Waals surface area contributed by atoms with Crippen molar-refractivity contribution < 1.29 is 18.8 Å². The van der Waals surface area contributed by atoms with Crippen LogP contribution in [0, 0.1) is 0 Å². The highest BCUT2D eigenvalue weighted by molar-refractivity contribution is 6.02. The average Bonchev–Trinajstić information content (AvgIpc) is 3.44. The van der Waals surface area contributed by atoms with Crippen molar-refractivity contribution >= 4 is 23.5 Å². The minimum atomic E-state index is -0.319. The molecule has 8 nitrogen and oxygen atoms in total. The van der Waals surface area contributed by atoms with Gasteiger partial charge in [-0.05, 0) is 49.1 Å². The Bertz CT molecular complexity index is 904. The maximum atomic E-state index is 12.5. The van der Waals surface area contributed by atoms with E-state index >= 15 is 0 Å². The zero-order valence-corrected chi connectivity index (χ0v) is 16.8. The predicted molar refractivity (Wildman–Crippen MR) is 111 cm³/mol. The van der Waals surface area contributed by atoms with E-state index in [2.05, 4.69) is 10.6 Å². The highest BCUT2D eigenvalue weighted by Gasteiger charge is 2.31. The second-order valence-corrected chi connectivity index (χ2v) is 7.70. The van der Waals surface area contributed by atoms with E-state index in [0.29, 0.717) is 31.7 Å². The zero-order chi connectivity index (χ0) is 20.9. The molecule has 0 aliphatic carbocycles. The van der Waals surface area contributed by atoms with E-state index in [1.54, 1.807) is 23.1 Å². The zero-order valence-electron chi connectivity index (χ0n) is 16.8. The number of likely N-dealkylation sites (tertiary alicyclic amines) is 2. The molecule has 1 aromatic carbocycles. The lowest BCUT2D eigenvalue weighted by atomic mass is 10.0. The molecule has 0 spiro atoms. The van der Waals surface area contributed by atoms with Gasteiger partial charge < -0.3 is 24.9 Å². The van der Waals surface area contributed by atoms with Crippen molar-refractivity contribution in [1.82, 2.24) is 15.1 Å². The number of rotatable bonds is 5. The van der Waals surface area contributed by atoms with Gasteiger partial charge in [-0.1, -0.05) is 12.1 Å². The standard InChI is InChI=1S/C22H26N4O4/c27-20-7-2-10-26(20)18-8-11-25(12-9-18)22(29)23-15-16-4-1-5-17(14-16)24-21(28)19-6-3-13-30-19/h1,3-6,13-14,18H,2,7-12,15H2,(H,23,29)(H,24,28). The number of carbonyl (C=O) groups excluding carboxylic acids is 3. The Morgan fingerprint density at radius 3 is 2.63 bits per heavy atom. The lowest BCUT2D eigenvalue weighted by Gasteiger charge is -2.36. The van der Waals surface area contributed by atoms with Gasteiger partial charge >= 0.3 is 6.03 Å². The lowest BCUT2D eigenvalue weighted by molar-refractivity contribution is -0.130. The van der Waals surface area contributed by atoms with Crippen LogP contribution in [0.15, 0.2) is 47.1 Å². The molecule has 1 aromatic heterocycles. The third-order valence-electron chi connectivity index (χ3n) is 5.68. The largest absolute Gasteiger partial charge is 0.459 e. The van der Waals surface area contributed by atoms with Crippen molar-refractivity contribution in [3.8, 4) is 0 Å². The van der Waals surface area contributed by atoms with Crippen LogP contribution in [-0.2, 0) is 11.3 Å². The van der Waals surface area contributed by atoms with Crippen molar-refractivity contribution in [3.63, 3.8) is 0 Å². The fourth-order valence-electron chi connectivity index (χ4n) is 4.08. The number of anilines is 1. The maximum absolute atomic E-state index is 12.5. The Kier molecular flexibility index (Phi) is 6.02. The van der Waals surface area contributed by atoms with Crippen LogP contribution in [0.25, 0.3) is 0 Å². The summed E-state index contributed by atoms with van der Waals surface area (Å²) in [7, 11) is 0. The van der Waals surface area contributed by atoms with Gasteiger partial charge in [0.1, 0.15) is 0 Å². The maximum Gasteiger partial charge on any atom is 0.317 e. The summed E-state index contributed by atoms with van der Waals surface area (Å²) in [6, 6.07) is 10.8. The van der Waals surface area contributed by atoms with Crippen molar-refractivity contribution in [2.24, 2.45) is 0 Å². The van der Waals surface area contributed by atoms with Gasteiger partial charge in [0.15, 0.2) is 5.76 Å². The van der Waals surface area contributed by atoms with E-state index in [1.807, 2.05) is 23.1 Å². The van der Waals surface area contributed by atoms with Gasteiger partial charge in [0.25, 0.3) is 5.91 Å². The highest BCUT2D eigenvalue weighted by Crippen LogP contribution is 2.22. The first-order valence-electron chi connectivity index (χ1n) is 10.4. The molecule has 0 bridgehead atoms. The molecule has 0 unspecified atom stereocenters. The van der Waals surface area contributed by atoms with E-state index < -0.39 is 0 Å². The first-order chi connectivity index (χ1) is 14.6. The smallest absolute Gasteiger partial charge is 0.317 e. The number of carbonyl (C=O) groups is 3. The van der Waals surface area contributed by atoms with Crippen molar-refractivity contribution in [1.29, 1.82) is 0 Å². The molecule has 3 heterocycles. The molecule has 30 heavy (non-hydrogen) atoms. The minimum Gasteiger partial charge on any atom is -0.459 e. The van der Waals surface area contributed by atoms with Crippen LogP contribution in [0.3, 0.4) is 0 Å². The van der Waals surface area contributed by atoms with Crippen molar-refractivity contribution in [2.75, 3.05) is 25.0 Å². The number of hydrogen-bond acceptors (Lipinski definition) is 4. The second kappa shape index (κ2) is 9.02. The molecule has 0 atom stereocenters. The number of nitrogens with zero attached hydrogens (tertiary/aromatic N) is 2. The van der Waals surface area contributed by atoms with Crippen LogP contribution in [0.5, 0.6) is 0 Å². The molecular formula is C22H26N4O4. The van der Waals surface area contributed by atoms with Gasteiger partial charge in [0.05, 0.1) is 6.26 Å². The fourth-order valence-corrected chi connectivity index (χ4v) is 4.08. The summed E-state index contributed by atoms with van der Waals surface area (Å²) in [4.78, 5) is 40.3. The molecule has 158 valence electrons. The van der Waals surface area contributed by atoms with Crippen LogP contribution in [0.1, 0.15) is 41.8 Å². The Morgan fingerprint density at radius 2 is 1.93 bits per heavy atom. The first kappa shape index (κ1) is 20.0. The van der Waals surface area contributed by atoms with Crippen molar-refractivity contribution in [2.45, 2.75) is 38.3 Å². The summed E-state index contributed by atoms with van der Waals surface area (Å²) in [5.74, 6) is 0.171. The van der Waals surface area contributed by atoms with Crippen LogP contribution in [0.4, 0.5) is 10.5 Å². The second-order valence-electron chi connectivity index (χ2n) is 7.70. The molecule has 4 amide bonds. The van der Waals surface area contributed by atoms with Gasteiger partial charge in [-0.25, -0.2) is 4.79 Å². The third kappa shape index (κ3) is 4.64. The monoisotopic (exact) mass is 410 g/mol. The van der Waals surface area contributed by atoms with E-state index in [-0.39, 0.29) is 29.6 Å². The fraction of sp³-hybridized carbons (Fsp3) is 0.409. The molecule has 4 rings (SSSR count). The molecule has 8 heteroatoms. The molecule has 2 saturated heterocycles. The molecule has 2 fully saturated rings. The predicted octanol–water partition coefficient (Wildman–Crippen LogP) is 2.83. The molecule has 0 saturated carbocycles. The molecule has 2 aliphatic heterocycles. The molecule has 2 aromatic rings. The Hall–Kier alpha value is -3.29. The number of benzene rings is 1. The Labute approximate surface area is 175 Å². The van der Waals surface area contributed by atoms with Crippen LogP contribution >= 0.6 is 0 Å². The number of furan rings is 1. The summed E-state index contributed by atoms with van der Waals surface area (Å²) in [5, 5.41) is 5.73. The highest BCUT2D eigenvalue weighted by atomic mass is 16.3. The quantitative estimate of drug-likeness (QED) is 0.792. The normalized spacial score (nSPS) is 17.3. The first-order valence-corrected chi connectivity index (χ1v) is 10.4. The Morgan fingerprint density at radius 1 is 1.10 bits per heavy atom. The topological polar surface area (TPSA) is 94.9 Å². The van der Waals surface area contributed by atoms with Crippen LogP contribution in [-0.4, -0.2) is 53.3 Å². The van der Waals surface area contributed by atoms with E-state index in [0.717, 1.165) is 31.4 Å². The average molecular weight is 410 g/mol. The van der Waals surface area contributed by atoms with Crippen LogP contribution < -0.4 is 10.6 Å². The van der Waals surface area contributed by atoms with Gasteiger partial charge in [-0.2, -0.15) is 0 Å². The summed E-state index contributed by atoms with van der Waals surface area (Å²) in [6.07, 6.45) is 4.70. The Balaban J connectivity index is 1.25. The minimum absolute atomic E-state index is 0.105. The van der Waals surface area contributed by atoms with Crippen molar-refractivity contribution in [3.05, 3.63) is 54.0 Å². The molecule has 2 aliphatic rings.